The first-order valence-corrected chi connectivity index (χ1v) is 5.31. The first kappa shape index (κ1) is 10.2. The highest BCUT2D eigenvalue weighted by Crippen LogP contribution is 2.33. The van der Waals surface area contributed by atoms with Gasteiger partial charge in [-0.15, -0.1) is 0 Å². The van der Waals surface area contributed by atoms with Crippen LogP contribution in [0.5, 0.6) is 0 Å². The van der Waals surface area contributed by atoms with Crippen molar-refractivity contribution in [1.29, 1.82) is 0 Å². The van der Waals surface area contributed by atoms with E-state index in [1.54, 1.807) is 0 Å². The van der Waals surface area contributed by atoms with Crippen molar-refractivity contribution in [2.45, 2.75) is 39.0 Å². The normalized spacial score (nSPS) is 16.7. The van der Waals surface area contributed by atoms with E-state index in [-0.39, 0.29) is 5.92 Å². The van der Waals surface area contributed by atoms with Gasteiger partial charge in [0.05, 0.1) is 5.69 Å². The van der Waals surface area contributed by atoms with Gasteiger partial charge in [0.1, 0.15) is 5.92 Å². The summed E-state index contributed by atoms with van der Waals surface area (Å²) >= 11 is 0. The minimum Gasteiger partial charge on any atom is -0.481 e. The summed E-state index contributed by atoms with van der Waals surface area (Å²) in [5, 5.41) is 13.1. The van der Waals surface area contributed by atoms with Crippen molar-refractivity contribution in [2.24, 2.45) is 5.92 Å². The Kier molecular flexibility index (Phi) is 2.50. The molecule has 1 aliphatic rings. The summed E-state index contributed by atoms with van der Waals surface area (Å²) in [6.07, 6.45) is 2.89. The summed E-state index contributed by atoms with van der Waals surface area (Å²) < 4.78 is 5.19. The molecule has 0 aromatic carbocycles. The predicted molar refractivity (Wildman–Crippen MR) is 53.7 cm³/mol. The Balaban J connectivity index is 2.38. The molecular weight excluding hydrogens is 194 g/mol. The number of nitrogens with zero attached hydrogens (tertiary/aromatic N) is 1. The Morgan fingerprint density at radius 3 is 2.80 bits per heavy atom. The fraction of sp³-hybridized carbons (Fsp3) is 0.636. The van der Waals surface area contributed by atoms with Crippen LogP contribution in [0.4, 0.5) is 0 Å². The highest BCUT2D eigenvalue weighted by molar-refractivity contribution is 5.76. The molecule has 4 heteroatoms. The van der Waals surface area contributed by atoms with Gasteiger partial charge in [-0.25, -0.2) is 0 Å². The topological polar surface area (TPSA) is 63.3 Å². The van der Waals surface area contributed by atoms with E-state index in [1.165, 1.54) is 0 Å². The van der Waals surface area contributed by atoms with Crippen LogP contribution in [0.15, 0.2) is 4.52 Å². The lowest BCUT2D eigenvalue weighted by Crippen LogP contribution is -2.18. The fourth-order valence-electron chi connectivity index (χ4n) is 2.20. The second-order valence-corrected chi connectivity index (χ2v) is 4.39. The maximum Gasteiger partial charge on any atom is 0.314 e. The van der Waals surface area contributed by atoms with E-state index in [0.29, 0.717) is 5.76 Å². The molecule has 0 radical (unpaired) electrons. The van der Waals surface area contributed by atoms with Crippen LogP contribution in [0.25, 0.3) is 0 Å². The predicted octanol–water partition coefficient (Wildman–Crippen LogP) is 1.99. The Morgan fingerprint density at radius 1 is 1.47 bits per heavy atom. The lowest BCUT2D eigenvalue weighted by Gasteiger charge is -2.13. The highest BCUT2D eigenvalue weighted by Gasteiger charge is 2.33. The SMILES string of the molecule is CC(C)C(C(=O)O)c1onc2c1CCC2. The molecule has 4 nitrogen and oxygen atoms in total. The van der Waals surface area contributed by atoms with E-state index in [0.717, 1.165) is 30.5 Å². The smallest absolute Gasteiger partial charge is 0.314 e. The summed E-state index contributed by atoms with van der Waals surface area (Å²) in [5.74, 6) is -0.777. The molecule has 1 heterocycles. The Bertz CT molecular complexity index is 381. The fourth-order valence-corrected chi connectivity index (χ4v) is 2.20. The molecular formula is C11H15NO3. The van der Waals surface area contributed by atoms with E-state index in [9.17, 15) is 4.79 Å². The average molecular weight is 209 g/mol. The first-order valence-electron chi connectivity index (χ1n) is 5.31. The van der Waals surface area contributed by atoms with Crippen LogP contribution in [-0.2, 0) is 17.6 Å². The van der Waals surface area contributed by atoms with Gasteiger partial charge in [0.25, 0.3) is 0 Å². The number of hydrogen-bond acceptors (Lipinski definition) is 3. The number of rotatable bonds is 3. The number of fused-ring (bicyclic) bond motifs is 1. The van der Waals surface area contributed by atoms with Crippen molar-refractivity contribution in [3.05, 3.63) is 17.0 Å². The van der Waals surface area contributed by atoms with Gasteiger partial charge in [0.2, 0.25) is 0 Å². The van der Waals surface area contributed by atoms with Gasteiger partial charge in [-0.3, -0.25) is 4.79 Å². The van der Waals surface area contributed by atoms with Crippen molar-refractivity contribution in [3.8, 4) is 0 Å². The highest BCUT2D eigenvalue weighted by atomic mass is 16.5. The molecule has 1 aromatic heterocycles. The standard InChI is InChI=1S/C11H15NO3/c1-6(2)9(11(13)14)10-7-4-3-5-8(7)12-15-10/h6,9H,3-5H2,1-2H3,(H,13,14). The number of carbonyl (C=O) groups is 1. The minimum absolute atomic E-state index is 0.0279. The van der Waals surface area contributed by atoms with Crippen molar-refractivity contribution in [2.75, 3.05) is 0 Å². The van der Waals surface area contributed by atoms with Crippen LogP contribution < -0.4 is 0 Å². The van der Waals surface area contributed by atoms with Crippen molar-refractivity contribution in [3.63, 3.8) is 0 Å². The Labute approximate surface area is 88.3 Å². The molecule has 2 rings (SSSR count). The summed E-state index contributed by atoms with van der Waals surface area (Å²) in [5.41, 5.74) is 1.99. The minimum atomic E-state index is -0.823. The number of aromatic nitrogens is 1. The number of carboxylic acids is 1. The molecule has 0 bridgehead atoms. The third-order valence-corrected chi connectivity index (χ3v) is 2.96. The molecule has 0 amide bonds. The molecule has 1 N–H and O–H groups in total. The lowest BCUT2D eigenvalue weighted by atomic mass is 9.91. The second-order valence-electron chi connectivity index (χ2n) is 4.39. The van der Waals surface area contributed by atoms with Gasteiger partial charge >= 0.3 is 5.97 Å². The zero-order valence-corrected chi connectivity index (χ0v) is 8.99. The monoisotopic (exact) mass is 209 g/mol. The largest absolute Gasteiger partial charge is 0.481 e. The third kappa shape index (κ3) is 1.64. The molecule has 1 aromatic rings. The van der Waals surface area contributed by atoms with E-state index in [4.69, 9.17) is 9.63 Å². The average Bonchev–Trinajstić information content (AvgIpc) is 2.67. The van der Waals surface area contributed by atoms with E-state index in [2.05, 4.69) is 5.16 Å². The lowest BCUT2D eigenvalue weighted by molar-refractivity contribution is -0.140. The number of carboxylic acid groups (broad SMARTS) is 1. The van der Waals surface area contributed by atoms with Gasteiger partial charge in [-0.2, -0.15) is 0 Å². The van der Waals surface area contributed by atoms with Crippen LogP contribution in [-0.4, -0.2) is 16.2 Å². The summed E-state index contributed by atoms with van der Waals surface area (Å²) in [6, 6.07) is 0. The van der Waals surface area contributed by atoms with Gasteiger partial charge in [-0.1, -0.05) is 19.0 Å². The molecule has 0 saturated heterocycles. The maximum absolute atomic E-state index is 11.2. The molecule has 0 spiro atoms. The third-order valence-electron chi connectivity index (χ3n) is 2.96. The quantitative estimate of drug-likeness (QED) is 0.826. The molecule has 1 unspecified atom stereocenters. The van der Waals surface area contributed by atoms with Gasteiger partial charge in [-0.05, 0) is 25.2 Å². The van der Waals surface area contributed by atoms with Crippen LogP contribution in [0.2, 0.25) is 0 Å². The van der Waals surface area contributed by atoms with Crippen LogP contribution >= 0.6 is 0 Å². The number of aryl methyl sites for hydroxylation is 1. The van der Waals surface area contributed by atoms with E-state index in [1.807, 2.05) is 13.8 Å². The Morgan fingerprint density at radius 2 is 2.20 bits per heavy atom. The van der Waals surface area contributed by atoms with Crippen molar-refractivity contribution in [1.82, 2.24) is 5.16 Å². The maximum atomic E-state index is 11.2. The summed E-state index contributed by atoms with van der Waals surface area (Å²) in [4.78, 5) is 11.2. The molecule has 15 heavy (non-hydrogen) atoms. The van der Waals surface area contributed by atoms with Crippen LogP contribution in [0.3, 0.4) is 0 Å². The molecule has 0 saturated carbocycles. The zero-order chi connectivity index (χ0) is 11.0. The van der Waals surface area contributed by atoms with Gasteiger partial charge in [0, 0.05) is 5.56 Å². The summed E-state index contributed by atoms with van der Waals surface area (Å²) in [7, 11) is 0. The molecule has 0 fully saturated rings. The van der Waals surface area contributed by atoms with E-state index >= 15 is 0 Å². The van der Waals surface area contributed by atoms with Gasteiger partial charge < -0.3 is 9.63 Å². The molecule has 1 atom stereocenters. The van der Waals surface area contributed by atoms with Crippen LogP contribution in [0, 0.1) is 5.92 Å². The second kappa shape index (κ2) is 3.68. The van der Waals surface area contributed by atoms with Crippen LogP contribution in [0.1, 0.15) is 43.2 Å². The molecule has 0 aliphatic heterocycles. The Hall–Kier alpha value is -1.32. The van der Waals surface area contributed by atoms with Crippen molar-refractivity contribution < 1.29 is 14.4 Å². The summed E-state index contributed by atoms with van der Waals surface area (Å²) in [6.45, 7) is 3.78. The first-order chi connectivity index (χ1) is 7.11. The zero-order valence-electron chi connectivity index (χ0n) is 8.99. The van der Waals surface area contributed by atoms with Gasteiger partial charge in [0.15, 0.2) is 5.76 Å². The van der Waals surface area contributed by atoms with Crippen molar-refractivity contribution >= 4 is 5.97 Å². The molecule has 1 aliphatic carbocycles. The number of aliphatic carboxylic acids is 1. The number of hydrogen-bond donors (Lipinski definition) is 1. The molecule has 82 valence electrons. The van der Waals surface area contributed by atoms with E-state index < -0.39 is 11.9 Å².